The molecule has 0 saturated carbocycles. The van der Waals surface area contributed by atoms with Gasteiger partial charge in [-0.1, -0.05) is 30.3 Å². The van der Waals surface area contributed by atoms with E-state index in [9.17, 15) is 31.1 Å². The fourth-order valence-electron chi connectivity index (χ4n) is 2.75. The van der Waals surface area contributed by atoms with E-state index in [4.69, 9.17) is 4.74 Å². The second-order valence-corrected chi connectivity index (χ2v) is 6.42. The van der Waals surface area contributed by atoms with E-state index in [1.165, 1.54) is 36.4 Å². The van der Waals surface area contributed by atoms with Gasteiger partial charge in [-0.3, -0.25) is 4.79 Å². The summed E-state index contributed by atoms with van der Waals surface area (Å²) in [5.74, 6) is -0.509. The molecule has 0 spiro atoms. The minimum atomic E-state index is -4.79. The molecule has 4 nitrogen and oxygen atoms in total. The first-order chi connectivity index (χ1) is 15.0. The van der Waals surface area contributed by atoms with Crippen molar-refractivity contribution >= 4 is 6.29 Å². The van der Waals surface area contributed by atoms with Crippen LogP contribution in [0.3, 0.4) is 0 Å². The first-order valence-electron chi connectivity index (χ1n) is 8.95. The number of hydrogen-bond donors (Lipinski definition) is 0. The highest BCUT2D eigenvalue weighted by molar-refractivity contribution is 5.83. The molecule has 0 aliphatic carbocycles. The van der Waals surface area contributed by atoms with Gasteiger partial charge in [0, 0.05) is 0 Å². The third kappa shape index (κ3) is 6.66. The van der Waals surface area contributed by atoms with Gasteiger partial charge in [-0.2, -0.15) is 0 Å². The van der Waals surface area contributed by atoms with Crippen LogP contribution in [-0.2, 0) is 6.61 Å². The number of benzene rings is 3. The van der Waals surface area contributed by atoms with Gasteiger partial charge in [0.15, 0.2) is 6.29 Å². The third-order valence-electron chi connectivity index (χ3n) is 4.11. The van der Waals surface area contributed by atoms with Crippen molar-refractivity contribution in [3.05, 3.63) is 77.9 Å². The molecule has 3 rings (SSSR count). The van der Waals surface area contributed by atoms with Crippen LogP contribution in [0.2, 0.25) is 0 Å². The molecule has 0 radical (unpaired) electrons. The van der Waals surface area contributed by atoms with Gasteiger partial charge in [-0.05, 0) is 53.1 Å². The van der Waals surface area contributed by atoms with E-state index in [-0.39, 0.29) is 29.4 Å². The van der Waals surface area contributed by atoms with Crippen molar-refractivity contribution in [2.75, 3.05) is 0 Å². The highest BCUT2D eigenvalue weighted by Gasteiger charge is 2.31. The van der Waals surface area contributed by atoms with Crippen molar-refractivity contribution in [2.45, 2.75) is 19.3 Å². The Morgan fingerprint density at radius 3 is 1.69 bits per heavy atom. The lowest BCUT2D eigenvalue weighted by Crippen LogP contribution is -2.17. The van der Waals surface area contributed by atoms with Crippen LogP contribution >= 0.6 is 0 Å². The molecule has 10 heteroatoms. The summed E-state index contributed by atoms with van der Waals surface area (Å²) < 4.78 is 86.6. The van der Waals surface area contributed by atoms with E-state index in [2.05, 4.69) is 9.47 Å². The lowest BCUT2D eigenvalue weighted by molar-refractivity contribution is -0.275. The number of carbonyl (C=O) groups is 1. The molecule has 0 bridgehead atoms. The molecule has 0 aliphatic rings. The predicted octanol–water partition coefficient (Wildman–Crippen LogP) is 6.54. The summed E-state index contributed by atoms with van der Waals surface area (Å²) in [4.78, 5) is 11.5. The molecular formula is C22H14F6O4. The highest BCUT2D eigenvalue weighted by Crippen LogP contribution is 2.30. The highest BCUT2D eigenvalue weighted by atomic mass is 19.4. The number of alkyl halides is 6. The van der Waals surface area contributed by atoms with Crippen LogP contribution in [0.15, 0.2) is 66.7 Å². The molecule has 0 atom stereocenters. The second kappa shape index (κ2) is 9.21. The van der Waals surface area contributed by atoms with Crippen LogP contribution in [0.5, 0.6) is 17.2 Å². The summed E-state index contributed by atoms with van der Waals surface area (Å²) in [6.07, 6.45) is -9.03. The zero-order valence-corrected chi connectivity index (χ0v) is 16.0. The van der Waals surface area contributed by atoms with Gasteiger partial charge in [0.25, 0.3) is 0 Å². The molecule has 0 unspecified atom stereocenters. The van der Waals surface area contributed by atoms with Crippen LogP contribution in [-0.4, -0.2) is 19.0 Å². The van der Waals surface area contributed by atoms with Gasteiger partial charge >= 0.3 is 12.7 Å². The van der Waals surface area contributed by atoms with Crippen LogP contribution < -0.4 is 14.2 Å². The molecule has 0 saturated heterocycles. The number of halogens is 6. The largest absolute Gasteiger partial charge is 0.573 e. The Balaban J connectivity index is 1.68. The first kappa shape index (κ1) is 23.0. The molecule has 0 aliphatic heterocycles. The van der Waals surface area contributed by atoms with Crippen molar-refractivity contribution in [2.24, 2.45) is 0 Å². The van der Waals surface area contributed by atoms with Crippen molar-refractivity contribution in [1.82, 2.24) is 0 Å². The lowest BCUT2D eigenvalue weighted by Gasteiger charge is -2.12. The number of aldehydes is 1. The molecule has 168 valence electrons. The number of carbonyl (C=O) groups excluding carboxylic acids is 1. The van der Waals surface area contributed by atoms with Crippen molar-refractivity contribution in [3.63, 3.8) is 0 Å². The summed E-state index contributed by atoms with van der Waals surface area (Å²) in [7, 11) is 0. The number of ether oxygens (including phenoxy) is 3. The summed E-state index contributed by atoms with van der Waals surface area (Å²) in [5, 5.41) is 0. The Bertz CT molecular complexity index is 1060. The second-order valence-electron chi connectivity index (χ2n) is 6.42. The van der Waals surface area contributed by atoms with Gasteiger partial charge in [-0.15, -0.1) is 26.3 Å². The lowest BCUT2D eigenvalue weighted by atomic mass is 10.0. The predicted molar refractivity (Wildman–Crippen MR) is 101 cm³/mol. The summed E-state index contributed by atoms with van der Waals surface area (Å²) in [6.45, 7) is -0.0179. The fourth-order valence-corrected chi connectivity index (χ4v) is 2.75. The molecule has 0 heterocycles. The SMILES string of the molecule is O=Cc1cc(-c2ccc(OC(F)(F)F)cc2)ccc1OCc1ccc(OC(F)(F)F)cc1. The van der Waals surface area contributed by atoms with Gasteiger partial charge in [-0.25, -0.2) is 0 Å². The minimum absolute atomic E-state index is 0.0179. The summed E-state index contributed by atoms with van der Waals surface area (Å²) in [6, 6.07) is 14.8. The zero-order valence-electron chi connectivity index (χ0n) is 16.0. The summed E-state index contributed by atoms with van der Waals surface area (Å²) in [5.41, 5.74) is 1.84. The zero-order chi connectivity index (χ0) is 23.4. The third-order valence-corrected chi connectivity index (χ3v) is 4.11. The summed E-state index contributed by atoms with van der Waals surface area (Å²) >= 11 is 0. The van der Waals surface area contributed by atoms with Gasteiger partial charge in [0.1, 0.15) is 23.9 Å². The molecule has 0 N–H and O–H groups in total. The van der Waals surface area contributed by atoms with Crippen molar-refractivity contribution in [3.8, 4) is 28.4 Å². The maximum Gasteiger partial charge on any atom is 0.573 e. The minimum Gasteiger partial charge on any atom is -0.488 e. The van der Waals surface area contributed by atoms with Gasteiger partial charge in [0.2, 0.25) is 0 Å². The molecule has 0 aromatic heterocycles. The van der Waals surface area contributed by atoms with Crippen molar-refractivity contribution < 1.29 is 45.3 Å². The van der Waals surface area contributed by atoms with E-state index in [1.807, 2.05) is 0 Å². The van der Waals surface area contributed by atoms with E-state index < -0.39 is 12.7 Å². The standard InChI is InChI=1S/C22H14F6O4/c23-21(24,25)31-18-6-1-14(2-7-18)13-30-20-10-5-16(11-17(20)12-29)15-3-8-19(9-4-15)32-22(26,27)28/h1-12H,13H2. The molecule has 3 aromatic rings. The smallest absolute Gasteiger partial charge is 0.488 e. The van der Waals surface area contributed by atoms with Crippen LogP contribution in [0.4, 0.5) is 26.3 Å². The first-order valence-corrected chi connectivity index (χ1v) is 8.95. The Morgan fingerprint density at radius 2 is 1.19 bits per heavy atom. The van der Waals surface area contributed by atoms with Crippen LogP contribution in [0, 0.1) is 0 Å². The topological polar surface area (TPSA) is 44.8 Å². The molecule has 32 heavy (non-hydrogen) atoms. The van der Waals surface area contributed by atoms with Gasteiger partial charge in [0.05, 0.1) is 5.56 Å². The van der Waals surface area contributed by atoms with E-state index in [0.717, 1.165) is 24.3 Å². The maximum atomic E-state index is 12.3. The molecule has 3 aromatic carbocycles. The fraction of sp³-hybridized carbons (Fsp3) is 0.136. The van der Waals surface area contributed by atoms with E-state index >= 15 is 0 Å². The molecular weight excluding hydrogens is 442 g/mol. The average molecular weight is 456 g/mol. The van der Waals surface area contributed by atoms with E-state index in [0.29, 0.717) is 23.0 Å². The Hall–Kier alpha value is -3.69. The van der Waals surface area contributed by atoms with Gasteiger partial charge < -0.3 is 14.2 Å². The Kier molecular flexibility index (Phi) is 6.61. The monoisotopic (exact) mass is 456 g/mol. The number of rotatable bonds is 7. The van der Waals surface area contributed by atoms with Crippen LogP contribution in [0.25, 0.3) is 11.1 Å². The normalized spacial score (nSPS) is 11.7. The average Bonchev–Trinajstić information content (AvgIpc) is 2.71. The number of hydrogen-bond acceptors (Lipinski definition) is 4. The Morgan fingerprint density at radius 1 is 0.688 bits per heavy atom. The maximum absolute atomic E-state index is 12.3. The molecule has 0 amide bonds. The Labute approximate surface area is 178 Å². The van der Waals surface area contributed by atoms with Crippen molar-refractivity contribution in [1.29, 1.82) is 0 Å². The van der Waals surface area contributed by atoms with E-state index in [1.54, 1.807) is 6.07 Å². The quantitative estimate of drug-likeness (QED) is 0.299. The van der Waals surface area contributed by atoms with Crippen LogP contribution in [0.1, 0.15) is 15.9 Å². The molecule has 0 fully saturated rings.